The Labute approximate surface area is 189 Å². The fraction of sp³-hybridized carbons (Fsp3) is 0.154. The van der Waals surface area contributed by atoms with Gasteiger partial charge in [0, 0.05) is 5.56 Å². The summed E-state index contributed by atoms with van der Waals surface area (Å²) in [7, 11) is 0. The summed E-state index contributed by atoms with van der Waals surface area (Å²) in [6, 6.07) is 22.2. The van der Waals surface area contributed by atoms with Gasteiger partial charge in [-0.1, -0.05) is 54.6 Å². The molecule has 1 heterocycles. The van der Waals surface area contributed by atoms with Crippen LogP contribution < -0.4 is 16.6 Å². The monoisotopic (exact) mass is 441 g/mol. The average Bonchev–Trinajstić information content (AvgIpc) is 2.82. The smallest absolute Gasteiger partial charge is 0.336 e. The van der Waals surface area contributed by atoms with Gasteiger partial charge in [-0.2, -0.15) is 0 Å². The molecule has 1 atom stereocenters. The van der Waals surface area contributed by atoms with Crippen molar-refractivity contribution >= 4 is 22.6 Å². The Hall–Kier alpha value is -4.26. The van der Waals surface area contributed by atoms with Crippen molar-refractivity contribution in [2.45, 2.75) is 26.4 Å². The van der Waals surface area contributed by atoms with E-state index in [0.29, 0.717) is 16.5 Å². The number of carbonyl (C=O) groups is 2. The Morgan fingerprint density at radius 1 is 0.909 bits per heavy atom. The molecule has 0 bridgehead atoms. The zero-order valence-corrected chi connectivity index (χ0v) is 18.3. The van der Waals surface area contributed by atoms with E-state index < -0.39 is 11.2 Å². The van der Waals surface area contributed by atoms with Crippen molar-refractivity contribution in [1.29, 1.82) is 0 Å². The standard InChI is InChI=1S/C26H23N3O4/c1-17(19-9-4-3-5-10-19)27-24(31)16-28-23-14-7-6-13-22(23)25(32)29(26(28)33)21-12-8-11-20(15-21)18(2)30/h3-15,17H,16H2,1-2H3,(H,27,31). The van der Waals surface area contributed by atoms with E-state index in [2.05, 4.69) is 5.32 Å². The van der Waals surface area contributed by atoms with Gasteiger partial charge in [-0.3, -0.25) is 19.0 Å². The van der Waals surface area contributed by atoms with Crippen LogP contribution in [0.15, 0.2) is 88.5 Å². The molecular weight excluding hydrogens is 418 g/mol. The maximum Gasteiger partial charge on any atom is 0.336 e. The number of benzene rings is 3. The maximum atomic E-state index is 13.4. The SMILES string of the molecule is CC(=O)c1cccc(-n2c(=O)c3ccccc3n(CC(=O)NC(C)c3ccccc3)c2=O)c1. The lowest BCUT2D eigenvalue weighted by atomic mass is 10.1. The Kier molecular flexibility index (Phi) is 6.04. The molecule has 1 N–H and O–H groups in total. The lowest BCUT2D eigenvalue weighted by molar-refractivity contribution is -0.122. The van der Waals surface area contributed by atoms with Gasteiger partial charge < -0.3 is 5.32 Å². The van der Waals surface area contributed by atoms with Crippen molar-refractivity contribution in [1.82, 2.24) is 14.5 Å². The van der Waals surface area contributed by atoms with Crippen molar-refractivity contribution < 1.29 is 9.59 Å². The van der Waals surface area contributed by atoms with E-state index in [1.165, 1.54) is 17.6 Å². The normalized spacial score (nSPS) is 11.8. The highest BCUT2D eigenvalue weighted by Crippen LogP contribution is 2.14. The number of amides is 1. The Morgan fingerprint density at radius 3 is 2.33 bits per heavy atom. The van der Waals surface area contributed by atoms with Gasteiger partial charge in [0.1, 0.15) is 6.54 Å². The van der Waals surface area contributed by atoms with Gasteiger partial charge in [-0.05, 0) is 43.7 Å². The second kappa shape index (κ2) is 9.08. The first-order chi connectivity index (χ1) is 15.9. The van der Waals surface area contributed by atoms with Gasteiger partial charge in [0.2, 0.25) is 5.91 Å². The molecule has 4 aromatic rings. The van der Waals surface area contributed by atoms with Crippen LogP contribution in [0.3, 0.4) is 0 Å². The summed E-state index contributed by atoms with van der Waals surface area (Å²) in [5.74, 6) is -0.540. The largest absolute Gasteiger partial charge is 0.348 e. The van der Waals surface area contributed by atoms with Crippen LogP contribution in [0, 0.1) is 0 Å². The molecule has 1 aromatic heterocycles. The summed E-state index contributed by atoms with van der Waals surface area (Å²) in [6.45, 7) is 3.02. The molecule has 0 aliphatic carbocycles. The van der Waals surface area contributed by atoms with E-state index in [-0.39, 0.29) is 30.0 Å². The zero-order valence-electron chi connectivity index (χ0n) is 18.3. The number of rotatable bonds is 6. The van der Waals surface area contributed by atoms with Crippen LogP contribution in [-0.4, -0.2) is 20.8 Å². The van der Waals surface area contributed by atoms with Crippen molar-refractivity contribution in [2.75, 3.05) is 0 Å². The molecule has 1 unspecified atom stereocenters. The van der Waals surface area contributed by atoms with Gasteiger partial charge in [0.15, 0.2) is 5.78 Å². The van der Waals surface area contributed by atoms with Gasteiger partial charge in [0.05, 0.1) is 22.6 Å². The molecule has 0 saturated carbocycles. The molecule has 166 valence electrons. The third kappa shape index (κ3) is 4.39. The number of para-hydroxylation sites is 1. The number of fused-ring (bicyclic) bond motifs is 1. The fourth-order valence-corrected chi connectivity index (χ4v) is 3.82. The number of carbonyl (C=O) groups excluding carboxylic acids is 2. The number of hydrogen-bond donors (Lipinski definition) is 1. The maximum absolute atomic E-state index is 13.4. The molecule has 3 aromatic carbocycles. The van der Waals surface area contributed by atoms with Crippen LogP contribution in [0.4, 0.5) is 0 Å². The third-order valence-electron chi connectivity index (χ3n) is 5.54. The summed E-state index contributed by atoms with van der Waals surface area (Å²) >= 11 is 0. The minimum absolute atomic E-state index is 0.180. The van der Waals surface area contributed by atoms with Crippen molar-refractivity contribution in [3.63, 3.8) is 0 Å². The molecule has 0 radical (unpaired) electrons. The van der Waals surface area contributed by atoms with Crippen LogP contribution in [0.1, 0.15) is 35.8 Å². The minimum atomic E-state index is -0.651. The Morgan fingerprint density at radius 2 is 1.61 bits per heavy atom. The van der Waals surface area contributed by atoms with Gasteiger partial charge >= 0.3 is 5.69 Å². The fourth-order valence-electron chi connectivity index (χ4n) is 3.82. The highest BCUT2D eigenvalue weighted by atomic mass is 16.2. The lowest BCUT2D eigenvalue weighted by Gasteiger charge is -2.17. The second-order valence-electron chi connectivity index (χ2n) is 7.83. The lowest BCUT2D eigenvalue weighted by Crippen LogP contribution is -2.42. The highest BCUT2D eigenvalue weighted by Gasteiger charge is 2.18. The predicted octanol–water partition coefficient (Wildman–Crippen LogP) is 3.23. The van der Waals surface area contributed by atoms with Crippen LogP contribution in [0.25, 0.3) is 16.6 Å². The number of hydrogen-bond acceptors (Lipinski definition) is 4. The molecule has 7 heteroatoms. The van der Waals surface area contributed by atoms with E-state index >= 15 is 0 Å². The minimum Gasteiger partial charge on any atom is -0.348 e. The number of nitrogens with zero attached hydrogens (tertiary/aromatic N) is 2. The topological polar surface area (TPSA) is 90.2 Å². The van der Waals surface area contributed by atoms with Gasteiger partial charge in [-0.15, -0.1) is 0 Å². The summed E-state index contributed by atoms with van der Waals surface area (Å²) in [5, 5.41) is 3.20. The molecule has 0 spiro atoms. The highest BCUT2D eigenvalue weighted by molar-refractivity contribution is 5.94. The molecule has 7 nitrogen and oxygen atoms in total. The van der Waals surface area contributed by atoms with Crippen LogP contribution in [-0.2, 0) is 11.3 Å². The van der Waals surface area contributed by atoms with E-state index in [9.17, 15) is 19.2 Å². The molecule has 0 fully saturated rings. The number of nitrogens with one attached hydrogen (secondary N) is 1. The molecule has 0 aliphatic heterocycles. The third-order valence-corrected chi connectivity index (χ3v) is 5.54. The zero-order chi connectivity index (χ0) is 23.5. The quantitative estimate of drug-likeness (QED) is 0.465. The number of Topliss-reactive ketones (excluding diaryl/α,β-unsaturated/α-hetero) is 1. The summed E-state index contributed by atoms with van der Waals surface area (Å²) < 4.78 is 2.28. The molecule has 0 aliphatic rings. The molecule has 4 rings (SSSR count). The number of ketones is 1. The van der Waals surface area contributed by atoms with Crippen molar-refractivity contribution in [3.05, 3.63) is 111 Å². The molecule has 0 saturated heterocycles. The van der Waals surface area contributed by atoms with Gasteiger partial charge in [-0.25, -0.2) is 9.36 Å². The summed E-state index contributed by atoms with van der Waals surface area (Å²) in [5.41, 5.74) is 0.804. The molecule has 33 heavy (non-hydrogen) atoms. The number of aromatic nitrogens is 2. The van der Waals surface area contributed by atoms with Crippen LogP contribution >= 0.6 is 0 Å². The first-order valence-electron chi connectivity index (χ1n) is 10.6. The van der Waals surface area contributed by atoms with Gasteiger partial charge in [0.25, 0.3) is 5.56 Å². The van der Waals surface area contributed by atoms with E-state index in [4.69, 9.17) is 0 Å². The first kappa shape index (κ1) is 22.0. The first-order valence-corrected chi connectivity index (χ1v) is 10.6. The predicted molar refractivity (Wildman–Crippen MR) is 127 cm³/mol. The van der Waals surface area contributed by atoms with E-state index in [1.54, 1.807) is 42.5 Å². The average molecular weight is 441 g/mol. The van der Waals surface area contributed by atoms with E-state index in [1.807, 2.05) is 37.3 Å². The van der Waals surface area contributed by atoms with Crippen molar-refractivity contribution in [2.24, 2.45) is 0 Å². The van der Waals surface area contributed by atoms with Crippen LogP contribution in [0.2, 0.25) is 0 Å². The summed E-state index contributed by atoms with van der Waals surface area (Å²) in [4.78, 5) is 51.3. The molecular formula is C26H23N3O4. The second-order valence-corrected chi connectivity index (χ2v) is 7.83. The summed E-state index contributed by atoms with van der Waals surface area (Å²) in [6.07, 6.45) is 0. The van der Waals surface area contributed by atoms with Crippen LogP contribution in [0.5, 0.6) is 0 Å². The Bertz CT molecular complexity index is 1470. The van der Waals surface area contributed by atoms with E-state index in [0.717, 1.165) is 10.1 Å². The Balaban J connectivity index is 1.79. The van der Waals surface area contributed by atoms with Crippen molar-refractivity contribution in [3.8, 4) is 5.69 Å². The molecule has 1 amide bonds.